The summed E-state index contributed by atoms with van der Waals surface area (Å²) in [6.45, 7) is 4.07. The number of nitrogens with two attached hydrogens (primary N) is 3. The first kappa shape index (κ1) is 32.5. The number of nitrogens with one attached hydrogen (secondary N) is 3. The van der Waals surface area contributed by atoms with E-state index >= 15 is 0 Å². The van der Waals surface area contributed by atoms with E-state index in [2.05, 4.69) is 16.0 Å². The van der Waals surface area contributed by atoms with Gasteiger partial charge in [-0.05, 0) is 43.7 Å². The maximum Gasteiger partial charge on any atom is 0.326 e. The Morgan fingerprint density at radius 1 is 0.868 bits per heavy atom. The number of carbonyl (C=O) groups is 5. The first-order valence-electron chi connectivity index (χ1n) is 12.9. The van der Waals surface area contributed by atoms with Gasteiger partial charge in [0.25, 0.3) is 0 Å². The fourth-order valence-corrected chi connectivity index (χ4v) is 3.69. The molecule has 12 nitrogen and oxygen atoms in total. The number of amides is 4. The lowest BCUT2D eigenvalue weighted by Gasteiger charge is -2.26. The Labute approximate surface area is 223 Å². The Morgan fingerprint density at radius 2 is 1.45 bits per heavy atom. The van der Waals surface area contributed by atoms with Gasteiger partial charge in [-0.1, -0.05) is 50.6 Å². The van der Waals surface area contributed by atoms with Crippen molar-refractivity contribution >= 4 is 29.6 Å². The average Bonchev–Trinajstić information content (AvgIpc) is 2.89. The number of hydrogen-bond donors (Lipinski definition) is 7. The van der Waals surface area contributed by atoms with E-state index in [9.17, 15) is 29.1 Å². The molecule has 0 aromatic heterocycles. The lowest BCUT2D eigenvalue weighted by Crippen LogP contribution is -2.58. The molecule has 1 aromatic rings. The third-order valence-corrected chi connectivity index (χ3v) is 6.35. The molecule has 0 radical (unpaired) electrons. The van der Waals surface area contributed by atoms with Crippen LogP contribution in [-0.4, -0.2) is 65.4 Å². The zero-order chi connectivity index (χ0) is 28.7. The Kier molecular flexibility index (Phi) is 14.6. The van der Waals surface area contributed by atoms with Crippen LogP contribution in [0.1, 0.15) is 57.9 Å². The maximum absolute atomic E-state index is 13.3. The molecular formula is C26H42N6O6. The summed E-state index contributed by atoms with van der Waals surface area (Å²) in [5.74, 6) is -4.01. The van der Waals surface area contributed by atoms with E-state index in [0.717, 1.165) is 5.56 Å². The van der Waals surface area contributed by atoms with Crippen molar-refractivity contribution in [3.63, 3.8) is 0 Å². The zero-order valence-electron chi connectivity index (χ0n) is 22.2. The molecule has 0 aliphatic heterocycles. The molecule has 0 aliphatic carbocycles. The predicted octanol–water partition coefficient (Wildman–Crippen LogP) is -0.464. The number of carbonyl (C=O) groups excluding carboxylic acids is 4. The maximum atomic E-state index is 13.3. The van der Waals surface area contributed by atoms with E-state index in [1.54, 1.807) is 37.3 Å². The highest BCUT2D eigenvalue weighted by molar-refractivity contribution is 5.94. The molecule has 1 aromatic carbocycles. The van der Waals surface area contributed by atoms with Gasteiger partial charge in [-0.15, -0.1) is 0 Å². The van der Waals surface area contributed by atoms with Crippen LogP contribution in [0, 0.1) is 5.92 Å². The highest BCUT2D eigenvalue weighted by Gasteiger charge is 2.31. The van der Waals surface area contributed by atoms with Crippen molar-refractivity contribution < 1.29 is 29.1 Å². The number of primary amides is 1. The van der Waals surface area contributed by atoms with Crippen molar-refractivity contribution in [2.75, 3.05) is 6.54 Å². The normalized spacial score (nSPS) is 14.8. The molecule has 212 valence electrons. The van der Waals surface area contributed by atoms with Crippen LogP contribution in [-0.2, 0) is 30.4 Å². The van der Waals surface area contributed by atoms with Crippen molar-refractivity contribution in [1.29, 1.82) is 0 Å². The Hall–Kier alpha value is -3.51. The van der Waals surface area contributed by atoms with Crippen LogP contribution in [0.5, 0.6) is 0 Å². The second-order valence-electron chi connectivity index (χ2n) is 9.41. The number of aliphatic carboxylic acids is 1. The summed E-state index contributed by atoms with van der Waals surface area (Å²) in [4.78, 5) is 62.2. The summed E-state index contributed by atoms with van der Waals surface area (Å²) >= 11 is 0. The highest BCUT2D eigenvalue weighted by Crippen LogP contribution is 2.09. The monoisotopic (exact) mass is 534 g/mol. The number of rotatable bonds is 18. The highest BCUT2D eigenvalue weighted by atomic mass is 16.4. The number of unbranched alkanes of at least 4 members (excludes halogenated alkanes) is 1. The summed E-state index contributed by atoms with van der Waals surface area (Å²) in [7, 11) is 0. The van der Waals surface area contributed by atoms with E-state index in [1.165, 1.54) is 0 Å². The van der Waals surface area contributed by atoms with Gasteiger partial charge < -0.3 is 38.3 Å². The van der Waals surface area contributed by atoms with E-state index < -0.39 is 53.8 Å². The zero-order valence-corrected chi connectivity index (χ0v) is 22.2. The molecule has 0 heterocycles. The van der Waals surface area contributed by atoms with E-state index in [4.69, 9.17) is 17.2 Å². The van der Waals surface area contributed by atoms with Gasteiger partial charge in [-0.2, -0.15) is 0 Å². The fourth-order valence-electron chi connectivity index (χ4n) is 3.69. The lowest BCUT2D eigenvalue weighted by atomic mass is 9.98. The second kappa shape index (κ2) is 17.1. The van der Waals surface area contributed by atoms with Crippen LogP contribution in [0.25, 0.3) is 0 Å². The Bertz CT molecular complexity index is 928. The SMILES string of the molecule is CCC(C)C(N)C(=O)NC(CCC(N)=O)C(=O)NC(Cc1ccccc1)C(=O)NC(CCCCN)C(=O)O. The quantitative estimate of drug-likeness (QED) is 0.122. The van der Waals surface area contributed by atoms with Gasteiger partial charge in [-0.3, -0.25) is 19.2 Å². The lowest BCUT2D eigenvalue weighted by molar-refractivity contribution is -0.142. The molecule has 0 aliphatic rings. The summed E-state index contributed by atoms with van der Waals surface area (Å²) in [5, 5.41) is 17.2. The first-order chi connectivity index (χ1) is 18.0. The minimum atomic E-state index is -1.20. The van der Waals surface area contributed by atoms with Crippen molar-refractivity contribution in [2.24, 2.45) is 23.1 Å². The minimum Gasteiger partial charge on any atom is -0.480 e. The number of benzene rings is 1. The molecule has 5 atom stereocenters. The van der Waals surface area contributed by atoms with Crippen molar-refractivity contribution in [1.82, 2.24) is 16.0 Å². The Morgan fingerprint density at radius 3 is 2.00 bits per heavy atom. The van der Waals surface area contributed by atoms with Gasteiger partial charge in [0.1, 0.15) is 18.1 Å². The molecule has 4 amide bonds. The van der Waals surface area contributed by atoms with Gasteiger partial charge in [0.05, 0.1) is 6.04 Å². The van der Waals surface area contributed by atoms with Gasteiger partial charge in [0.15, 0.2) is 0 Å². The molecule has 1 rings (SSSR count). The van der Waals surface area contributed by atoms with Crippen LogP contribution in [0.3, 0.4) is 0 Å². The van der Waals surface area contributed by atoms with Crippen LogP contribution in [0.4, 0.5) is 0 Å². The van der Waals surface area contributed by atoms with E-state index in [-0.39, 0.29) is 31.6 Å². The molecule has 0 saturated carbocycles. The molecule has 38 heavy (non-hydrogen) atoms. The van der Waals surface area contributed by atoms with Gasteiger partial charge in [-0.25, -0.2) is 4.79 Å². The molecule has 0 bridgehead atoms. The molecule has 0 spiro atoms. The summed E-state index contributed by atoms with van der Waals surface area (Å²) in [6, 6.07) is 4.48. The molecule has 10 N–H and O–H groups in total. The van der Waals surface area contributed by atoms with E-state index in [1.807, 2.05) is 6.92 Å². The summed E-state index contributed by atoms with van der Waals surface area (Å²) < 4.78 is 0. The third-order valence-electron chi connectivity index (χ3n) is 6.35. The molecule has 0 saturated heterocycles. The number of hydrogen-bond acceptors (Lipinski definition) is 7. The van der Waals surface area contributed by atoms with Crippen LogP contribution >= 0.6 is 0 Å². The largest absolute Gasteiger partial charge is 0.480 e. The molecule has 5 unspecified atom stereocenters. The van der Waals surface area contributed by atoms with Crippen molar-refractivity contribution in [3.8, 4) is 0 Å². The Balaban J connectivity index is 3.13. The van der Waals surface area contributed by atoms with E-state index in [0.29, 0.717) is 25.8 Å². The first-order valence-corrected chi connectivity index (χ1v) is 12.9. The number of carboxylic acid groups (broad SMARTS) is 1. The van der Waals surface area contributed by atoms with Gasteiger partial charge in [0.2, 0.25) is 23.6 Å². The fraction of sp³-hybridized carbons (Fsp3) is 0.577. The predicted molar refractivity (Wildman–Crippen MR) is 142 cm³/mol. The molecule has 0 fully saturated rings. The van der Waals surface area contributed by atoms with Crippen LogP contribution < -0.4 is 33.2 Å². The second-order valence-corrected chi connectivity index (χ2v) is 9.41. The number of carboxylic acids is 1. The summed E-state index contributed by atoms with van der Waals surface area (Å²) in [6.07, 6.45) is 1.70. The minimum absolute atomic E-state index is 0.0659. The molecular weight excluding hydrogens is 492 g/mol. The topological polar surface area (TPSA) is 220 Å². The van der Waals surface area contributed by atoms with Crippen molar-refractivity contribution in [3.05, 3.63) is 35.9 Å². The standard InChI is InChI=1S/C26H42N6O6/c1-3-16(2)22(29)25(36)30-18(12-13-21(28)33)23(34)32-20(15-17-9-5-4-6-10-17)24(35)31-19(26(37)38)11-7-8-14-27/h4-6,9-10,16,18-20,22H,3,7-8,11-15,27,29H2,1-2H3,(H2,28,33)(H,30,36)(H,31,35)(H,32,34)(H,37,38). The van der Waals surface area contributed by atoms with Crippen LogP contribution in [0.15, 0.2) is 30.3 Å². The summed E-state index contributed by atoms with van der Waals surface area (Å²) in [5.41, 5.74) is 17.5. The van der Waals surface area contributed by atoms with Gasteiger partial charge >= 0.3 is 5.97 Å². The third kappa shape index (κ3) is 11.7. The smallest absolute Gasteiger partial charge is 0.326 e. The van der Waals surface area contributed by atoms with Gasteiger partial charge in [0, 0.05) is 12.8 Å². The van der Waals surface area contributed by atoms with Crippen molar-refractivity contribution in [2.45, 2.75) is 83.0 Å². The average molecular weight is 535 g/mol. The van der Waals surface area contributed by atoms with Crippen LogP contribution in [0.2, 0.25) is 0 Å². The molecule has 12 heteroatoms.